The molecule has 0 aromatic carbocycles. The Kier molecular flexibility index (Phi) is 3.48. The van der Waals surface area contributed by atoms with Gasteiger partial charge in [0.15, 0.2) is 0 Å². The molecule has 0 aliphatic carbocycles. The number of halogens is 1. The molecule has 0 unspecified atom stereocenters. The molecule has 0 radical (unpaired) electrons. The number of alkyl halides is 1. The van der Waals surface area contributed by atoms with E-state index in [1.165, 1.54) is 0 Å². The third-order valence-electron chi connectivity index (χ3n) is 2.66. The maximum atomic E-state index is 13.6. The van der Waals surface area contributed by atoms with E-state index in [0.717, 1.165) is 6.54 Å². The van der Waals surface area contributed by atoms with Crippen LogP contribution in [0.5, 0.6) is 0 Å². The van der Waals surface area contributed by atoms with Crippen molar-refractivity contribution in [1.29, 1.82) is 0 Å². The highest BCUT2D eigenvalue weighted by molar-refractivity contribution is 5.77. The number of hydrogen-bond donors (Lipinski definition) is 1. The number of likely N-dealkylation sites (tertiary alicyclic amines) is 1. The Morgan fingerprint density at radius 2 is 2.00 bits per heavy atom. The Morgan fingerprint density at radius 1 is 1.50 bits per heavy atom. The summed E-state index contributed by atoms with van der Waals surface area (Å²) in [5, 5.41) is 8.67. The molecule has 1 rings (SSSR count). The average molecular weight is 203 g/mol. The minimum atomic E-state index is -1.98. The monoisotopic (exact) mass is 203 g/mol. The van der Waals surface area contributed by atoms with Crippen LogP contribution in [-0.2, 0) is 4.79 Å². The number of nitrogens with zero attached hydrogens (tertiary/aromatic N) is 1. The van der Waals surface area contributed by atoms with E-state index in [1.54, 1.807) is 0 Å². The van der Waals surface area contributed by atoms with Crippen LogP contribution in [-0.4, -0.2) is 41.3 Å². The predicted molar refractivity (Wildman–Crippen MR) is 52.0 cm³/mol. The van der Waals surface area contributed by atoms with Crippen molar-refractivity contribution in [3.63, 3.8) is 0 Å². The molecule has 0 spiro atoms. The second-order valence-corrected chi connectivity index (χ2v) is 4.46. The minimum absolute atomic E-state index is 0.120. The fourth-order valence-electron chi connectivity index (χ4n) is 1.82. The summed E-state index contributed by atoms with van der Waals surface area (Å²) in [6.07, 6.45) is 0.240. The Balaban J connectivity index is 2.42. The van der Waals surface area contributed by atoms with Crippen molar-refractivity contribution >= 4 is 5.97 Å². The third kappa shape index (κ3) is 2.67. The highest BCUT2D eigenvalue weighted by Crippen LogP contribution is 2.26. The number of carbonyl (C=O) groups is 1. The molecule has 0 atom stereocenters. The molecule has 1 aliphatic heterocycles. The lowest BCUT2D eigenvalue weighted by atomic mass is 9.93. The molecule has 14 heavy (non-hydrogen) atoms. The van der Waals surface area contributed by atoms with Crippen LogP contribution in [0.3, 0.4) is 0 Å². The summed E-state index contributed by atoms with van der Waals surface area (Å²) in [7, 11) is 0. The van der Waals surface area contributed by atoms with Gasteiger partial charge in [0.05, 0.1) is 0 Å². The number of hydrogen-bond acceptors (Lipinski definition) is 2. The molecule has 3 nitrogen and oxygen atoms in total. The number of carboxylic acids is 1. The summed E-state index contributed by atoms with van der Waals surface area (Å²) in [5.74, 6) is -0.756. The Labute approximate surface area is 83.9 Å². The van der Waals surface area contributed by atoms with Crippen LogP contribution in [0.15, 0.2) is 0 Å². The van der Waals surface area contributed by atoms with E-state index in [0.29, 0.717) is 19.0 Å². The van der Waals surface area contributed by atoms with Crippen LogP contribution < -0.4 is 0 Å². The van der Waals surface area contributed by atoms with Gasteiger partial charge in [0, 0.05) is 32.5 Å². The van der Waals surface area contributed by atoms with Gasteiger partial charge in [-0.2, -0.15) is 0 Å². The van der Waals surface area contributed by atoms with Gasteiger partial charge in [0.25, 0.3) is 0 Å². The maximum Gasteiger partial charge on any atom is 0.341 e. The van der Waals surface area contributed by atoms with Crippen LogP contribution in [0.1, 0.15) is 26.7 Å². The summed E-state index contributed by atoms with van der Waals surface area (Å²) in [5.41, 5.74) is -1.98. The highest BCUT2D eigenvalue weighted by Gasteiger charge is 2.41. The maximum absolute atomic E-state index is 13.6. The Morgan fingerprint density at radius 3 is 2.36 bits per heavy atom. The molecular formula is C10H18FNO2. The first-order chi connectivity index (χ1) is 6.44. The molecule has 0 amide bonds. The van der Waals surface area contributed by atoms with Gasteiger partial charge < -0.3 is 10.0 Å². The first kappa shape index (κ1) is 11.4. The summed E-state index contributed by atoms with van der Waals surface area (Å²) >= 11 is 0. The number of aliphatic carboxylic acids is 1. The van der Waals surface area contributed by atoms with Crippen LogP contribution in [0.25, 0.3) is 0 Å². The van der Waals surface area contributed by atoms with Crippen LogP contribution in [0.4, 0.5) is 4.39 Å². The van der Waals surface area contributed by atoms with Gasteiger partial charge in [-0.3, -0.25) is 0 Å². The van der Waals surface area contributed by atoms with Gasteiger partial charge in [0.2, 0.25) is 5.67 Å². The zero-order valence-corrected chi connectivity index (χ0v) is 8.79. The molecular weight excluding hydrogens is 185 g/mol. The molecule has 1 aliphatic rings. The SMILES string of the molecule is CC(C)CN1CCC(F)(C(=O)O)CC1. The normalized spacial score (nSPS) is 22.6. The van der Waals surface area contributed by atoms with E-state index in [1.807, 2.05) is 0 Å². The van der Waals surface area contributed by atoms with Crippen molar-refractivity contribution in [1.82, 2.24) is 4.90 Å². The molecule has 1 heterocycles. The average Bonchev–Trinajstić information content (AvgIpc) is 2.08. The van der Waals surface area contributed by atoms with Gasteiger partial charge >= 0.3 is 5.97 Å². The molecule has 0 bridgehead atoms. The molecule has 1 saturated heterocycles. The zero-order valence-electron chi connectivity index (χ0n) is 8.79. The van der Waals surface area contributed by atoms with Crippen molar-refractivity contribution < 1.29 is 14.3 Å². The van der Waals surface area contributed by atoms with E-state index in [9.17, 15) is 9.18 Å². The molecule has 4 heteroatoms. The van der Waals surface area contributed by atoms with Crippen LogP contribution in [0.2, 0.25) is 0 Å². The first-order valence-electron chi connectivity index (χ1n) is 5.09. The zero-order chi connectivity index (χ0) is 10.8. The lowest BCUT2D eigenvalue weighted by Gasteiger charge is -2.34. The molecule has 0 aromatic heterocycles. The highest BCUT2D eigenvalue weighted by atomic mass is 19.1. The van der Waals surface area contributed by atoms with E-state index in [-0.39, 0.29) is 12.8 Å². The van der Waals surface area contributed by atoms with E-state index in [4.69, 9.17) is 5.11 Å². The molecule has 1 N–H and O–H groups in total. The van der Waals surface area contributed by atoms with Gasteiger partial charge in [-0.15, -0.1) is 0 Å². The summed E-state index contributed by atoms with van der Waals surface area (Å²) in [6.45, 7) is 6.25. The lowest BCUT2D eigenvalue weighted by molar-refractivity contribution is -0.154. The summed E-state index contributed by atoms with van der Waals surface area (Å²) in [4.78, 5) is 12.7. The van der Waals surface area contributed by atoms with E-state index in [2.05, 4.69) is 18.7 Å². The molecule has 0 aromatic rings. The third-order valence-corrected chi connectivity index (χ3v) is 2.66. The molecule has 82 valence electrons. The van der Waals surface area contributed by atoms with Gasteiger partial charge in [0.1, 0.15) is 0 Å². The number of carboxylic acid groups (broad SMARTS) is 1. The van der Waals surface area contributed by atoms with E-state index >= 15 is 0 Å². The standard InChI is InChI=1S/C10H18FNO2/c1-8(2)7-12-5-3-10(11,4-6-12)9(13)14/h8H,3-7H2,1-2H3,(H,13,14). The first-order valence-corrected chi connectivity index (χ1v) is 5.09. The lowest BCUT2D eigenvalue weighted by Crippen LogP contribution is -2.47. The van der Waals surface area contributed by atoms with Crippen molar-refractivity contribution in [2.24, 2.45) is 5.92 Å². The van der Waals surface area contributed by atoms with Gasteiger partial charge in [-0.25, -0.2) is 9.18 Å². The van der Waals surface area contributed by atoms with Crippen molar-refractivity contribution in [2.45, 2.75) is 32.4 Å². The minimum Gasteiger partial charge on any atom is -0.479 e. The largest absolute Gasteiger partial charge is 0.479 e. The number of piperidine rings is 1. The summed E-state index contributed by atoms with van der Waals surface area (Å²) in [6, 6.07) is 0. The smallest absolute Gasteiger partial charge is 0.341 e. The fourth-order valence-corrected chi connectivity index (χ4v) is 1.82. The fraction of sp³-hybridized carbons (Fsp3) is 0.900. The predicted octanol–water partition coefficient (Wildman–Crippen LogP) is 1.53. The van der Waals surface area contributed by atoms with Gasteiger partial charge in [-0.1, -0.05) is 13.8 Å². The summed E-state index contributed by atoms with van der Waals surface area (Å²) < 4.78 is 13.6. The van der Waals surface area contributed by atoms with E-state index < -0.39 is 11.6 Å². The van der Waals surface area contributed by atoms with Gasteiger partial charge in [-0.05, 0) is 5.92 Å². The molecule has 1 fully saturated rings. The molecule has 0 saturated carbocycles. The Hall–Kier alpha value is -0.640. The van der Waals surface area contributed by atoms with Crippen molar-refractivity contribution in [2.75, 3.05) is 19.6 Å². The van der Waals surface area contributed by atoms with Crippen molar-refractivity contribution in [3.8, 4) is 0 Å². The van der Waals surface area contributed by atoms with Crippen LogP contribution >= 0.6 is 0 Å². The number of rotatable bonds is 3. The van der Waals surface area contributed by atoms with Crippen molar-refractivity contribution in [3.05, 3.63) is 0 Å². The Bertz CT molecular complexity index is 210. The second kappa shape index (κ2) is 4.26. The topological polar surface area (TPSA) is 40.5 Å². The quantitative estimate of drug-likeness (QED) is 0.756. The van der Waals surface area contributed by atoms with Crippen LogP contribution in [0, 0.1) is 5.92 Å². The second-order valence-electron chi connectivity index (χ2n) is 4.46.